The third-order valence-electron chi connectivity index (χ3n) is 3.11. The second kappa shape index (κ2) is 4.11. The Labute approximate surface area is 84.7 Å². The molecule has 1 aromatic carbocycles. The summed E-state index contributed by atoms with van der Waals surface area (Å²) in [7, 11) is 0. The van der Waals surface area contributed by atoms with Gasteiger partial charge in [0, 0.05) is 0 Å². The third-order valence-corrected chi connectivity index (χ3v) is 3.11. The van der Waals surface area contributed by atoms with Crippen LogP contribution in [0.15, 0.2) is 24.3 Å². The van der Waals surface area contributed by atoms with E-state index in [1.807, 2.05) is 18.2 Å². The fourth-order valence-electron chi connectivity index (χ4n) is 2.30. The molecule has 3 N–H and O–H groups in total. The molecular formula is C12H17NO. The van der Waals surface area contributed by atoms with Crippen molar-refractivity contribution in [1.82, 2.24) is 0 Å². The number of nitrogens with two attached hydrogens (primary N) is 1. The highest BCUT2D eigenvalue weighted by Crippen LogP contribution is 2.34. The molecule has 14 heavy (non-hydrogen) atoms. The van der Waals surface area contributed by atoms with Crippen LogP contribution in [0.5, 0.6) is 0 Å². The number of benzene rings is 1. The Morgan fingerprint density at radius 3 is 2.64 bits per heavy atom. The zero-order valence-corrected chi connectivity index (χ0v) is 8.32. The van der Waals surface area contributed by atoms with Crippen molar-refractivity contribution >= 4 is 0 Å². The molecule has 0 saturated carbocycles. The van der Waals surface area contributed by atoms with Gasteiger partial charge in [0.15, 0.2) is 0 Å². The lowest BCUT2D eigenvalue weighted by Gasteiger charge is -2.16. The minimum absolute atomic E-state index is 0.289. The van der Waals surface area contributed by atoms with Gasteiger partial charge in [0.2, 0.25) is 0 Å². The fourth-order valence-corrected chi connectivity index (χ4v) is 2.30. The molecule has 76 valence electrons. The summed E-state index contributed by atoms with van der Waals surface area (Å²) >= 11 is 0. The molecule has 0 radical (unpaired) electrons. The molecule has 1 aliphatic carbocycles. The molecule has 0 bridgehead atoms. The first-order valence-corrected chi connectivity index (χ1v) is 5.30. The maximum absolute atomic E-state index is 9.91. The molecule has 2 nitrogen and oxygen atoms in total. The molecule has 0 saturated heterocycles. The van der Waals surface area contributed by atoms with Gasteiger partial charge in [0.25, 0.3) is 0 Å². The minimum atomic E-state index is -0.289. The van der Waals surface area contributed by atoms with Crippen LogP contribution >= 0.6 is 0 Å². The molecule has 0 amide bonds. The van der Waals surface area contributed by atoms with Gasteiger partial charge in [-0.15, -0.1) is 0 Å². The molecule has 0 aromatic heterocycles. The van der Waals surface area contributed by atoms with Gasteiger partial charge in [-0.1, -0.05) is 24.3 Å². The summed E-state index contributed by atoms with van der Waals surface area (Å²) in [5.41, 5.74) is 8.09. The molecule has 0 fully saturated rings. The van der Waals surface area contributed by atoms with Crippen LogP contribution in [0.1, 0.15) is 42.4 Å². The van der Waals surface area contributed by atoms with Crippen LogP contribution in [-0.4, -0.2) is 11.7 Å². The first-order chi connectivity index (χ1) is 6.83. The standard InChI is InChI=1S/C12H17NO/c13-8-9-4-3-7-12(14)11-6-2-1-5-10(9)11/h1-2,5-6,9,12,14H,3-4,7-8,13H2. The van der Waals surface area contributed by atoms with Crippen molar-refractivity contribution in [2.24, 2.45) is 5.73 Å². The molecule has 0 spiro atoms. The first-order valence-electron chi connectivity index (χ1n) is 5.30. The Balaban J connectivity index is 2.41. The average Bonchev–Trinajstić information content (AvgIpc) is 2.39. The number of hydrogen-bond acceptors (Lipinski definition) is 2. The van der Waals surface area contributed by atoms with Gasteiger partial charge < -0.3 is 10.8 Å². The predicted octanol–water partition coefficient (Wildman–Crippen LogP) is 1.95. The summed E-state index contributed by atoms with van der Waals surface area (Å²) in [6.07, 6.45) is 2.75. The Kier molecular flexibility index (Phi) is 2.85. The first kappa shape index (κ1) is 9.69. The van der Waals surface area contributed by atoms with E-state index in [4.69, 9.17) is 5.73 Å². The third kappa shape index (κ3) is 1.68. The number of fused-ring (bicyclic) bond motifs is 1. The second-order valence-electron chi connectivity index (χ2n) is 4.01. The van der Waals surface area contributed by atoms with Crippen LogP contribution in [0.25, 0.3) is 0 Å². The molecule has 2 unspecified atom stereocenters. The topological polar surface area (TPSA) is 46.2 Å². The highest BCUT2D eigenvalue weighted by molar-refractivity contribution is 5.33. The lowest BCUT2D eigenvalue weighted by Crippen LogP contribution is -2.13. The summed E-state index contributed by atoms with van der Waals surface area (Å²) in [4.78, 5) is 0. The van der Waals surface area contributed by atoms with E-state index >= 15 is 0 Å². The number of hydrogen-bond donors (Lipinski definition) is 2. The fraction of sp³-hybridized carbons (Fsp3) is 0.500. The van der Waals surface area contributed by atoms with Crippen LogP contribution in [-0.2, 0) is 0 Å². The van der Waals surface area contributed by atoms with Gasteiger partial charge in [-0.05, 0) is 42.9 Å². The van der Waals surface area contributed by atoms with Gasteiger partial charge in [0.05, 0.1) is 6.10 Å². The molecule has 0 heterocycles. The summed E-state index contributed by atoms with van der Waals surface area (Å²) < 4.78 is 0. The molecule has 2 rings (SSSR count). The van der Waals surface area contributed by atoms with Crippen LogP contribution in [0.2, 0.25) is 0 Å². The lowest BCUT2D eigenvalue weighted by atomic mass is 9.92. The van der Waals surface area contributed by atoms with Crippen LogP contribution in [0.3, 0.4) is 0 Å². The maximum atomic E-state index is 9.91. The lowest BCUT2D eigenvalue weighted by molar-refractivity contribution is 0.166. The Hall–Kier alpha value is -0.860. The largest absolute Gasteiger partial charge is 0.388 e. The number of aliphatic hydroxyl groups is 1. The molecular weight excluding hydrogens is 174 g/mol. The maximum Gasteiger partial charge on any atom is 0.0792 e. The normalized spacial score (nSPS) is 26.7. The Bertz CT molecular complexity index is 311. The minimum Gasteiger partial charge on any atom is -0.388 e. The summed E-state index contributed by atoms with van der Waals surface area (Å²) in [5.74, 6) is 0.434. The van der Waals surface area contributed by atoms with E-state index in [-0.39, 0.29) is 6.10 Å². The number of aliphatic hydroxyl groups excluding tert-OH is 1. The highest BCUT2D eigenvalue weighted by atomic mass is 16.3. The summed E-state index contributed by atoms with van der Waals surface area (Å²) in [6.45, 7) is 0.684. The van der Waals surface area contributed by atoms with Crippen molar-refractivity contribution in [3.8, 4) is 0 Å². The molecule has 2 atom stereocenters. The second-order valence-corrected chi connectivity index (χ2v) is 4.01. The zero-order chi connectivity index (χ0) is 9.97. The van der Waals surface area contributed by atoms with Gasteiger partial charge in [-0.2, -0.15) is 0 Å². The number of rotatable bonds is 1. The molecule has 1 aromatic rings. The average molecular weight is 191 g/mol. The quantitative estimate of drug-likeness (QED) is 0.666. The van der Waals surface area contributed by atoms with Crippen molar-refractivity contribution in [2.75, 3.05) is 6.54 Å². The van der Waals surface area contributed by atoms with E-state index in [9.17, 15) is 5.11 Å². The monoisotopic (exact) mass is 191 g/mol. The Morgan fingerprint density at radius 2 is 1.93 bits per heavy atom. The van der Waals surface area contributed by atoms with E-state index in [1.54, 1.807) is 0 Å². The van der Waals surface area contributed by atoms with Crippen LogP contribution in [0.4, 0.5) is 0 Å². The van der Waals surface area contributed by atoms with Crippen molar-refractivity contribution in [3.05, 3.63) is 35.4 Å². The van der Waals surface area contributed by atoms with E-state index in [0.717, 1.165) is 24.8 Å². The summed E-state index contributed by atoms with van der Waals surface area (Å²) in [5, 5.41) is 9.91. The smallest absolute Gasteiger partial charge is 0.0792 e. The molecule has 1 aliphatic rings. The van der Waals surface area contributed by atoms with Gasteiger partial charge in [-0.25, -0.2) is 0 Å². The van der Waals surface area contributed by atoms with E-state index in [2.05, 4.69) is 6.07 Å². The van der Waals surface area contributed by atoms with Crippen molar-refractivity contribution < 1.29 is 5.11 Å². The SMILES string of the molecule is NCC1CCCC(O)c2ccccc21. The predicted molar refractivity (Wildman–Crippen MR) is 57.0 cm³/mol. The van der Waals surface area contributed by atoms with E-state index in [0.29, 0.717) is 12.5 Å². The van der Waals surface area contributed by atoms with E-state index in [1.165, 1.54) is 5.56 Å². The highest BCUT2D eigenvalue weighted by Gasteiger charge is 2.21. The van der Waals surface area contributed by atoms with Crippen LogP contribution < -0.4 is 5.73 Å². The van der Waals surface area contributed by atoms with Gasteiger partial charge in [-0.3, -0.25) is 0 Å². The van der Waals surface area contributed by atoms with Crippen molar-refractivity contribution in [1.29, 1.82) is 0 Å². The van der Waals surface area contributed by atoms with E-state index < -0.39 is 0 Å². The van der Waals surface area contributed by atoms with Crippen molar-refractivity contribution in [3.63, 3.8) is 0 Å². The van der Waals surface area contributed by atoms with Crippen molar-refractivity contribution in [2.45, 2.75) is 31.3 Å². The molecule has 2 heteroatoms. The summed E-state index contributed by atoms with van der Waals surface area (Å²) in [6, 6.07) is 8.13. The Morgan fingerprint density at radius 1 is 1.21 bits per heavy atom. The van der Waals surface area contributed by atoms with Crippen LogP contribution in [0, 0.1) is 0 Å². The van der Waals surface area contributed by atoms with Gasteiger partial charge >= 0.3 is 0 Å². The zero-order valence-electron chi connectivity index (χ0n) is 8.32. The molecule has 0 aliphatic heterocycles. The van der Waals surface area contributed by atoms with Gasteiger partial charge in [0.1, 0.15) is 0 Å².